The van der Waals surface area contributed by atoms with E-state index in [1.165, 1.54) is 18.3 Å². The highest BCUT2D eigenvalue weighted by atomic mass is 19.1. The first-order valence-corrected chi connectivity index (χ1v) is 7.36. The number of hydrogen-bond donors (Lipinski definition) is 2. The highest BCUT2D eigenvalue weighted by Gasteiger charge is 2.08. The van der Waals surface area contributed by atoms with E-state index in [1.54, 1.807) is 12.1 Å². The molecule has 4 rings (SSSR count). The average molecular weight is 320 g/mol. The monoisotopic (exact) mass is 320 g/mol. The Kier molecular flexibility index (Phi) is 3.38. The van der Waals surface area contributed by atoms with Crippen LogP contribution in [0.25, 0.3) is 22.1 Å². The van der Waals surface area contributed by atoms with Gasteiger partial charge in [-0.2, -0.15) is 10.1 Å². The standard InChI is InChI=1S/C17H13FN6/c1-10-5-6-14-13(7-10)15-16(20-14)21-17(24-22-15)23-19-9-11-3-2-4-12(18)8-11/h2-9H,1H3,(H2,20,21,23,24)/b19-9+. The van der Waals surface area contributed by atoms with E-state index in [0.717, 1.165) is 16.5 Å². The number of aromatic nitrogens is 4. The lowest BCUT2D eigenvalue weighted by Gasteiger charge is -1.97. The van der Waals surface area contributed by atoms with Crippen LogP contribution in [0.1, 0.15) is 11.1 Å². The molecule has 0 saturated carbocycles. The number of halogens is 1. The van der Waals surface area contributed by atoms with Gasteiger partial charge in [-0.25, -0.2) is 9.82 Å². The molecule has 0 aliphatic heterocycles. The van der Waals surface area contributed by atoms with Gasteiger partial charge in [0.1, 0.15) is 11.3 Å². The van der Waals surface area contributed by atoms with E-state index in [-0.39, 0.29) is 11.8 Å². The molecule has 0 bridgehead atoms. The van der Waals surface area contributed by atoms with E-state index in [9.17, 15) is 4.39 Å². The van der Waals surface area contributed by atoms with E-state index < -0.39 is 0 Å². The van der Waals surface area contributed by atoms with E-state index in [4.69, 9.17) is 0 Å². The number of nitrogens with zero attached hydrogens (tertiary/aromatic N) is 4. The first-order valence-electron chi connectivity index (χ1n) is 7.36. The third kappa shape index (κ3) is 2.67. The summed E-state index contributed by atoms with van der Waals surface area (Å²) in [5.41, 5.74) is 6.79. The number of benzene rings is 2. The predicted molar refractivity (Wildman–Crippen MR) is 91.5 cm³/mol. The summed E-state index contributed by atoms with van der Waals surface area (Å²) in [6, 6.07) is 12.2. The van der Waals surface area contributed by atoms with Crippen molar-refractivity contribution in [2.24, 2.45) is 5.10 Å². The van der Waals surface area contributed by atoms with Crippen molar-refractivity contribution in [2.45, 2.75) is 6.92 Å². The van der Waals surface area contributed by atoms with Crippen LogP contribution in [-0.4, -0.2) is 26.4 Å². The fraction of sp³-hybridized carbons (Fsp3) is 0.0588. The lowest BCUT2D eigenvalue weighted by Crippen LogP contribution is -1.99. The van der Waals surface area contributed by atoms with E-state index in [2.05, 4.69) is 30.7 Å². The van der Waals surface area contributed by atoms with Gasteiger partial charge in [0.15, 0.2) is 5.65 Å². The van der Waals surface area contributed by atoms with Crippen molar-refractivity contribution in [1.29, 1.82) is 0 Å². The van der Waals surface area contributed by atoms with Crippen LogP contribution in [0.2, 0.25) is 0 Å². The average Bonchev–Trinajstić information content (AvgIpc) is 2.92. The van der Waals surface area contributed by atoms with Crippen LogP contribution in [-0.2, 0) is 0 Å². The van der Waals surface area contributed by atoms with Crippen molar-refractivity contribution in [1.82, 2.24) is 20.2 Å². The first-order chi connectivity index (χ1) is 11.7. The Morgan fingerprint density at radius 2 is 2.08 bits per heavy atom. The maximum atomic E-state index is 13.1. The van der Waals surface area contributed by atoms with Crippen molar-refractivity contribution < 1.29 is 4.39 Å². The Labute approximate surface area is 136 Å². The zero-order valence-electron chi connectivity index (χ0n) is 12.8. The summed E-state index contributed by atoms with van der Waals surface area (Å²) < 4.78 is 13.1. The molecule has 7 heteroatoms. The van der Waals surface area contributed by atoms with Crippen molar-refractivity contribution >= 4 is 34.2 Å². The van der Waals surface area contributed by atoms with Gasteiger partial charge in [0.2, 0.25) is 0 Å². The van der Waals surface area contributed by atoms with Gasteiger partial charge in [0.25, 0.3) is 5.95 Å². The molecule has 0 amide bonds. The van der Waals surface area contributed by atoms with Crippen LogP contribution in [0.3, 0.4) is 0 Å². The Hall–Kier alpha value is -3.35. The number of anilines is 1. The van der Waals surface area contributed by atoms with Crippen LogP contribution < -0.4 is 5.43 Å². The molecule has 0 aliphatic rings. The second-order valence-electron chi connectivity index (χ2n) is 5.43. The largest absolute Gasteiger partial charge is 0.338 e. The smallest absolute Gasteiger partial charge is 0.265 e. The number of aryl methyl sites for hydroxylation is 1. The minimum absolute atomic E-state index is 0.262. The zero-order chi connectivity index (χ0) is 16.5. The summed E-state index contributed by atoms with van der Waals surface area (Å²) in [6.07, 6.45) is 1.49. The van der Waals surface area contributed by atoms with Crippen molar-refractivity contribution in [3.63, 3.8) is 0 Å². The van der Waals surface area contributed by atoms with Crippen LogP contribution in [0, 0.1) is 12.7 Å². The predicted octanol–water partition coefficient (Wildman–Crippen LogP) is 3.40. The molecule has 4 aromatic rings. The van der Waals surface area contributed by atoms with Gasteiger partial charge < -0.3 is 4.98 Å². The zero-order valence-corrected chi connectivity index (χ0v) is 12.8. The van der Waals surface area contributed by atoms with Crippen LogP contribution >= 0.6 is 0 Å². The van der Waals surface area contributed by atoms with Gasteiger partial charge in [-0.3, -0.25) is 0 Å². The molecule has 24 heavy (non-hydrogen) atoms. The summed E-state index contributed by atoms with van der Waals surface area (Å²) in [4.78, 5) is 7.57. The molecule has 2 aromatic carbocycles. The molecule has 0 fully saturated rings. The quantitative estimate of drug-likeness (QED) is 0.448. The van der Waals surface area contributed by atoms with Crippen LogP contribution in [0.4, 0.5) is 10.3 Å². The number of H-pyrrole nitrogens is 1. The number of nitrogens with one attached hydrogen (secondary N) is 2. The molecular formula is C17H13FN6. The van der Waals surface area contributed by atoms with Gasteiger partial charge in [-0.15, -0.1) is 10.2 Å². The Morgan fingerprint density at radius 1 is 1.17 bits per heavy atom. The topological polar surface area (TPSA) is 78.9 Å². The number of rotatable bonds is 3. The first kappa shape index (κ1) is 14.3. The molecule has 0 aliphatic carbocycles. The fourth-order valence-electron chi connectivity index (χ4n) is 2.48. The second-order valence-corrected chi connectivity index (χ2v) is 5.43. The molecule has 0 radical (unpaired) electrons. The number of fused-ring (bicyclic) bond motifs is 3. The Balaban J connectivity index is 1.62. The molecule has 0 saturated heterocycles. The summed E-state index contributed by atoms with van der Waals surface area (Å²) in [6.45, 7) is 2.02. The molecule has 0 atom stereocenters. The number of aromatic amines is 1. The second kappa shape index (κ2) is 5.69. The molecule has 2 heterocycles. The summed E-state index contributed by atoms with van der Waals surface area (Å²) >= 11 is 0. The van der Waals surface area contributed by atoms with Gasteiger partial charge in [0.05, 0.1) is 6.21 Å². The lowest BCUT2D eigenvalue weighted by atomic mass is 10.2. The SMILES string of the molecule is Cc1ccc2[nH]c3nc(N/N=C/c4cccc(F)c4)nnc3c2c1. The lowest BCUT2D eigenvalue weighted by molar-refractivity contribution is 0.627. The highest BCUT2D eigenvalue weighted by Crippen LogP contribution is 2.23. The van der Waals surface area contributed by atoms with Crippen LogP contribution in [0.15, 0.2) is 47.6 Å². The van der Waals surface area contributed by atoms with Gasteiger partial charge in [-0.05, 0) is 36.8 Å². The van der Waals surface area contributed by atoms with Gasteiger partial charge in [0, 0.05) is 10.9 Å². The molecule has 6 nitrogen and oxygen atoms in total. The van der Waals surface area contributed by atoms with E-state index in [0.29, 0.717) is 16.7 Å². The molecule has 2 N–H and O–H groups in total. The Morgan fingerprint density at radius 3 is 2.96 bits per heavy atom. The van der Waals surface area contributed by atoms with E-state index in [1.807, 2.05) is 25.1 Å². The molecular weight excluding hydrogens is 307 g/mol. The minimum Gasteiger partial charge on any atom is -0.338 e. The molecule has 2 aromatic heterocycles. The third-order valence-electron chi connectivity index (χ3n) is 3.60. The fourth-order valence-corrected chi connectivity index (χ4v) is 2.48. The molecule has 118 valence electrons. The third-order valence-corrected chi connectivity index (χ3v) is 3.60. The van der Waals surface area contributed by atoms with Gasteiger partial charge in [-0.1, -0.05) is 23.8 Å². The highest BCUT2D eigenvalue weighted by molar-refractivity contribution is 6.03. The number of hydrazone groups is 1. The summed E-state index contributed by atoms with van der Waals surface area (Å²) in [5.74, 6) is -0.0508. The van der Waals surface area contributed by atoms with Crippen molar-refractivity contribution in [3.8, 4) is 0 Å². The Bertz CT molecular complexity index is 1070. The summed E-state index contributed by atoms with van der Waals surface area (Å²) in [5, 5.41) is 13.2. The normalized spacial score (nSPS) is 11.6. The summed E-state index contributed by atoms with van der Waals surface area (Å²) in [7, 11) is 0. The molecule has 0 unspecified atom stereocenters. The van der Waals surface area contributed by atoms with Gasteiger partial charge >= 0.3 is 0 Å². The number of hydrogen-bond acceptors (Lipinski definition) is 5. The van der Waals surface area contributed by atoms with Crippen LogP contribution in [0.5, 0.6) is 0 Å². The van der Waals surface area contributed by atoms with E-state index >= 15 is 0 Å². The molecule has 0 spiro atoms. The van der Waals surface area contributed by atoms with Crippen molar-refractivity contribution in [2.75, 3.05) is 5.43 Å². The van der Waals surface area contributed by atoms with Crippen molar-refractivity contribution in [3.05, 3.63) is 59.4 Å². The minimum atomic E-state index is -0.313. The maximum Gasteiger partial charge on any atom is 0.265 e. The maximum absolute atomic E-state index is 13.1.